The Hall–Kier alpha value is -2.54. The van der Waals surface area contributed by atoms with E-state index in [4.69, 9.17) is 9.84 Å². The normalized spacial score (nSPS) is 17.2. The summed E-state index contributed by atoms with van der Waals surface area (Å²) < 4.78 is 7.08. The molecular formula is C19H26N4O3. The van der Waals surface area contributed by atoms with Crippen LogP contribution in [0, 0.1) is 6.92 Å². The van der Waals surface area contributed by atoms with E-state index < -0.39 is 0 Å². The molecule has 1 aliphatic rings. The van der Waals surface area contributed by atoms with Gasteiger partial charge in [0.2, 0.25) is 0 Å². The van der Waals surface area contributed by atoms with E-state index in [1.165, 1.54) is 0 Å². The molecule has 2 N–H and O–H groups in total. The third-order valence-electron chi connectivity index (χ3n) is 4.71. The molecular weight excluding hydrogens is 332 g/mol. The zero-order chi connectivity index (χ0) is 18.5. The van der Waals surface area contributed by atoms with Crippen LogP contribution in [0.5, 0.6) is 5.75 Å². The molecule has 0 aliphatic carbocycles. The number of benzene rings is 1. The standard InChI is InChI=1S/C19H26N4O3/c1-14-5-6-18(26-2)17(12-14)20-19(25)22-8-3-4-15(13-22)16-7-9-23(21-16)10-11-24/h5-7,9,12,15,24H,3-4,8,10-11,13H2,1-2H3,(H,20,25). The van der Waals surface area contributed by atoms with Crippen LogP contribution in [0.2, 0.25) is 0 Å². The second-order valence-electron chi connectivity index (χ2n) is 6.65. The molecule has 0 radical (unpaired) electrons. The number of anilines is 1. The van der Waals surface area contributed by atoms with Crippen LogP contribution in [0.15, 0.2) is 30.5 Å². The lowest BCUT2D eigenvalue weighted by molar-refractivity contribution is 0.191. The van der Waals surface area contributed by atoms with Crippen LogP contribution in [0.4, 0.5) is 10.5 Å². The van der Waals surface area contributed by atoms with E-state index in [2.05, 4.69) is 10.4 Å². The van der Waals surface area contributed by atoms with Crippen molar-refractivity contribution in [3.63, 3.8) is 0 Å². The van der Waals surface area contributed by atoms with Gasteiger partial charge in [-0.15, -0.1) is 0 Å². The summed E-state index contributed by atoms with van der Waals surface area (Å²) in [6.45, 7) is 3.90. The number of methoxy groups -OCH3 is 1. The summed E-state index contributed by atoms with van der Waals surface area (Å²) in [5, 5.41) is 16.5. The molecule has 1 aromatic carbocycles. The number of amides is 2. The molecule has 26 heavy (non-hydrogen) atoms. The number of hydrogen-bond donors (Lipinski definition) is 2. The van der Waals surface area contributed by atoms with E-state index in [1.54, 1.807) is 11.8 Å². The molecule has 1 atom stereocenters. The lowest BCUT2D eigenvalue weighted by Crippen LogP contribution is -2.41. The first-order valence-corrected chi connectivity index (χ1v) is 8.95. The number of urea groups is 1. The summed E-state index contributed by atoms with van der Waals surface area (Å²) in [7, 11) is 1.60. The van der Waals surface area contributed by atoms with Gasteiger partial charge in [0, 0.05) is 25.2 Å². The molecule has 3 rings (SSSR count). The minimum Gasteiger partial charge on any atom is -0.495 e. The first-order chi connectivity index (χ1) is 12.6. The Morgan fingerprint density at radius 2 is 2.27 bits per heavy atom. The van der Waals surface area contributed by atoms with Gasteiger partial charge in [-0.05, 0) is 43.5 Å². The Balaban J connectivity index is 1.67. The highest BCUT2D eigenvalue weighted by Crippen LogP contribution is 2.28. The topological polar surface area (TPSA) is 79.6 Å². The van der Waals surface area contributed by atoms with Crippen LogP contribution in [0.3, 0.4) is 0 Å². The van der Waals surface area contributed by atoms with Crippen molar-refractivity contribution in [2.75, 3.05) is 32.1 Å². The maximum Gasteiger partial charge on any atom is 0.321 e. The SMILES string of the molecule is COc1ccc(C)cc1NC(=O)N1CCCC(c2ccn(CCO)n2)C1. The number of rotatable bonds is 5. The fourth-order valence-corrected chi connectivity index (χ4v) is 3.34. The summed E-state index contributed by atoms with van der Waals surface area (Å²) in [5.74, 6) is 0.870. The number of aromatic nitrogens is 2. The van der Waals surface area contributed by atoms with Crippen molar-refractivity contribution in [2.24, 2.45) is 0 Å². The molecule has 1 aliphatic heterocycles. The molecule has 2 heterocycles. The molecule has 7 heteroatoms. The van der Waals surface area contributed by atoms with Gasteiger partial charge in [-0.3, -0.25) is 4.68 Å². The average Bonchev–Trinajstić information content (AvgIpc) is 3.11. The second kappa shape index (κ2) is 8.23. The van der Waals surface area contributed by atoms with E-state index in [-0.39, 0.29) is 18.6 Å². The van der Waals surface area contributed by atoms with Crippen molar-refractivity contribution >= 4 is 11.7 Å². The number of ether oxygens (including phenoxy) is 1. The Morgan fingerprint density at radius 3 is 3.04 bits per heavy atom. The molecule has 1 fully saturated rings. The number of hydrogen-bond acceptors (Lipinski definition) is 4. The molecule has 0 bridgehead atoms. The van der Waals surface area contributed by atoms with Crippen LogP contribution in [0.25, 0.3) is 0 Å². The molecule has 2 amide bonds. The average molecular weight is 358 g/mol. The van der Waals surface area contributed by atoms with Crippen molar-refractivity contribution in [2.45, 2.75) is 32.2 Å². The largest absolute Gasteiger partial charge is 0.495 e. The third kappa shape index (κ3) is 4.16. The van der Waals surface area contributed by atoms with Crippen LogP contribution < -0.4 is 10.1 Å². The summed E-state index contributed by atoms with van der Waals surface area (Å²) in [5.41, 5.74) is 2.72. The van der Waals surface area contributed by atoms with Crippen molar-refractivity contribution in [3.8, 4) is 5.75 Å². The smallest absolute Gasteiger partial charge is 0.321 e. The maximum absolute atomic E-state index is 12.7. The Labute approximate surface area is 153 Å². The zero-order valence-electron chi connectivity index (χ0n) is 15.3. The molecule has 7 nitrogen and oxygen atoms in total. The number of aryl methyl sites for hydroxylation is 1. The lowest BCUT2D eigenvalue weighted by Gasteiger charge is -2.32. The van der Waals surface area contributed by atoms with Crippen LogP contribution in [0.1, 0.15) is 30.0 Å². The van der Waals surface area contributed by atoms with Gasteiger partial charge in [0.15, 0.2) is 0 Å². The lowest BCUT2D eigenvalue weighted by atomic mass is 9.95. The highest BCUT2D eigenvalue weighted by Gasteiger charge is 2.26. The maximum atomic E-state index is 12.7. The van der Waals surface area contributed by atoms with E-state index in [0.717, 1.165) is 30.6 Å². The number of nitrogens with one attached hydrogen (secondary N) is 1. The molecule has 1 unspecified atom stereocenters. The predicted molar refractivity (Wildman–Crippen MR) is 99.6 cm³/mol. The highest BCUT2D eigenvalue weighted by atomic mass is 16.5. The number of nitrogens with zero attached hydrogens (tertiary/aromatic N) is 3. The molecule has 0 saturated carbocycles. The quantitative estimate of drug-likeness (QED) is 0.861. The summed E-state index contributed by atoms with van der Waals surface area (Å²) >= 11 is 0. The fourth-order valence-electron chi connectivity index (χ4n) is 3.34. The van der Waals surface area contributed by atoms with Crippen molar-refractivity contribution in [1.29, 1.82) is 0 Å². The fraction of sp³-hybridized carbons (Fsp3) is 0.474. The first-order valence-electron chi connectivity index (χ1n) is 8.95. The van der Waals surface area contributed by atoms with Gasteiger partial charge in [-0.1, -0.05) is 6.07 Å². The van der Waals surface area contributed by atoms with E-state index in [1.807, 2.05) is 42.3 Å². The van der Waals surface area contributed by atoms with Gasteiger partial charge in [0.25, 0.3) is 0 Å². The first kappa shape index (κ1) is 18.3. The van der Waals surface area contributed by atoms with Gasteiger partial charge in [-0.2, -0.15) is 5.10 Å². The molecule has 1 saturated heterocycles. The molecule has 2 aromatic rings. The zero-order valence-corrected chi connectivity index (χ0v) is 15.3. The van der Waals surface area contributed by atoms with E-state index in [9.17, 15) is 4.79 Å². The summed E-state index contributed by atoms with van der Waals surface area (Å²) in [6, 6.07) is 7.58. The van der Waals surface area contributed by atoms with Crippen LogP contribution in [-0.4, -0.2) is 52.6 Å². The number of aliphatic hydroxyl groups is 1. The van der Waals surface area contributed by atoms with Gasteiger partial charge in [-0.25, -0.2) is 4.79 Å². The number of carbonyl (C=O) groups excluding carboxylic acids is 1. The van der Waals surface area contributed by atoms with Crippen LogP contribution >= 0.6 is 0 Å². The molecule has 0 spiro atoms. The van der Waals surface area contributed by atoms with Gasteiger partial charge >= 0.3 is 6.03 Å². The van der Waals surface area contributed by atoms with Gasteiger partial charge < -0.3 is 20.1 Å². The van der Waals surface area contributed by atoms with Crippen molar-refractivity contribution in [3.05, 3.63) is 41.7 Å². The minimum atomic E-state index is -0.117. The Bertz CT molecular complexity index is 759. The monoisotopic (exact) mass is 358 g/mol. The van der Waals surface area contributed by atoms with Gasteiger partial charge in [0.1, 0.15) is 5.75 Å². The summed E-state index contributed by atoms with van der Waals surface area (Å²) in [4.78, 5) is 14.6. The molecule has 1 aromatic heterocycles. The number of likely N-dealkylation sites (tertiary alicyclic amines) is 1. The number of piperidine rings is 1. The highest BCUT2D eigenvalue weighted by molar-refractivity contribution is 5.91. The van der Waals surface area contributed by atoms with Gasteiger partial charge in [0.05, 0.1) is 31.6 Å². The minimum absolute atomic E-state index is 0.0681. The second-order valence-corrected chi connectivity index (χ2v) is 6.65. The van der Waals surface area contributed by atoms with Crippen molar-refractivity contribution < 1.29 is 14.6 Å². The van der Waals surface area contributed by atoms with Crippen molar-refractivity contribution in [1.82, 2.24) is 14.7 Å². The molecule has 140 valence electrons. The number of aliphatic hydroxyl groups excluding tert-OH is 1. The van der Waals surface area contributed by atoms with E-state index in [0.29, 0.717) is 24.5 Å². The third-order valence-corrected chi connectivity index (χ3v) is 4.71. The van der Waals surface area contributed by atoms with E-state index >= 15 is 0 Å². The Kier molecular flexibility index (Phi) is 5.78. The number of carbonyl (C=O) groups is 1. The summed E-state index contributed by atoms with van der Waals surface area (Å²) in [6.07, 6.45) is 3.83. The Morgan fingerprint density at radius 1 is 1.42 bits per heavy atom. The predicted octanol–water partition coefficient (Wildman–Crippen LogP) is 2.60. The van der Waals surface area contributed by atoms with Crippen LogP contribution in [-0.2, 0) is 6.54 Å².